The monoisotopic (exact) mass is 158 g/mol. The summed E-state index contributed by atoms with van der Waals surface area (Å²) in [4.78, 5) is 0. The molecule has 1 aliphatic carbocycles. The van der Waals surface area contributed by atoms with Gasteiger partial charge in [-0.1, -0.05) is 20.8 Å². The van der Waals surface area contributed by atoms with E-state index in [1.54, 1.807) is 0 Å². The predicted molar refractivity (Wildman–Crippen MR) is 44.2 cm³/mol. The first-order valence-corrected chi connectivity index (χ1v) is 4.29. The molecule has 1 rings (SSSR count). The second kappa shape index (κ2) is 2.76. The molecule has 2 heteroatoms. The van der Waals surface area contributed by atoms with Gasteiger partial charge >= 0.3 is 0 Å². The molecule has 0 aliphatic heterocycles. The van der Waals surface area contributed by atoms with Crippen molar-refractivity contribution in [2.45, 2.75) is 45.8 Å². The Hall–Kier alpha value is -0.0800. The summed E-state index contributed by atoms with van der Waals surface area (Å²) in [5.74, 6) is 0.501. The molecule has 1 aliphatic rings. The number of hydrogen-bond acceptors (Lipinski definition) is 2. The average molecular weight is 158 g/mol. The van der Waals surface area contributed by atoms with Crippen molar-refractivity contribution >= 4 is 0 Å². The topological polar surface area (TPSA) is 40.5 Å². The van der Waals surface area contributed by atoms with Crippen molar-refractivity contribution in [3.8, 4) is 0 Å². The number of hydrogen-bond donors (Lipinski definition) is 2. The summed E-state index contributed by atoms with van der Waals surface area (Å²) in [6, 6.07) is 0. The zero-order chi connectivity index (χ0) is 8.65. The Morgan fingerprint density at radius 1 is 1.18 bits per heavy atom. The van der Waals surface area contributed by atoms with Crippen LogP contribution in [0.2, 0.25) is 0 Å². The standard InChI is InChI=1S/C9H18O2/c1-6-4-7(10)8(11)5-9(6,2)3/h6-8,10-11H,4-5H2,1-3H3/t6-,7?,8-/m0/s1. The summed E-state index contributed by atoms with van der Waals surface area (Å²) < 4.78 is 0. The number of rotatable bonds is 0. The van der Waals surface area contributed by atoms with Crippen LogP contribution in [-0.4, -0.2) is 22.4 Å². The first kappa shape index (κ1) is 9.01. The molecule has 0 aromatic heterocycles. The molecule has 3 atom stereocenters. The maximum atomic E-state index is 9.38. The molecule has 0 aromatic rings. The quantitative estimate of drug-likeness (QED) is 0.555. The zero-order valence-electron chi connectivity index (χ0n) is 7.54. The third kappa shape index (κ3) is 1.74. The molecule has 0 bridgehead atoms. The molecular formula is C9H18O2. The van der Waals surface area contributed by atoms with Crippen LogP contribution in [0, 0.1) is 11.3 Å². The van der Waals surface area contributed by atoms with Crippen LogP contribution in [0.5, 0.6) is 0 Å². The van der Waals surface area contributed by atoms with Crippen molar-refractivity contribution in [1.82, 2.24) is 0 Å². The molecule has 1 saturated carbocycles. The van der Waals surface area contributed by atoms with Crippen LogP contribution in [0.3, 0.4) is 0 Å². The smallest absolute Gasteiger partial charge is 0.0804 e. The second-order valence-electron chi connectivity index (χ2n) is 4.46. The molecule has 66 valence electrons. The minimum absolute atomic E-state index is 0.179. The van der Waals surface area contributed by atoms with E-state index in [1.807, 2.05) is 0 Å². The minimum Gasteiger partial charge on any atom is -0.390 e. The minimum atomic E-state index is -0.513. The van der Waals surface area contributed by atoms with Gasteiger partial charge in [0.15, 0.2) is 0 Å². The lowest BCUT2D eigenvalue weighted by Crippen LogP contribution is -2.42. The van der Waals surface area contributed by atoms with Gasteiger partial charge in [-0.25, -0.2) is 0 Å². The van der Waals surface area contributed by atoms with Gasteiger partial charge in [-0.3, -0.25) is 0 Å². The Morgan fingerprint density at radius 2 is 1.73 bits per heavy atom. The largest absolute Gasteiger partial charge is 0.390 e. The highest BCUT2D eigenvalue weighted by molar-refractivity contribution is 4.88. The highest BCUT2D eigenvalue weighted by Crippen LogP contribution is 2.40. The maximum Gasteiger partial charge on any atom is 0.0804 e. The molecule has 2 N–H and O–H groups in total. The molecule has 0 heterocycles. The fourth-order valence-corrected chi connectivity index (χ4v) is 1.71. The molecule has 2 nitrogen and oxygen atoms in total. The van der Waals surface area contributed by atoms with Gasteiger partial charge in [-0.05, 0) is 24.2 Å². The third-order valence-corrected chi connectivity index (χ3v) is 3.11. The number of aliphatic hydroxyl groups excluding tert-OH is 2. The van der Waals surface area contributed by atoms with E-state index < -0.39 is 12.2 Å². The summed E-state index contributed by atoms with van der Waals surface area (Å²) in [7, 11) is 0. The van der Waals surface area contributed by atoms with Gasteiger partial charge in [0.1, 0.15) is 0 Å². The first-order chi connectivity index (χ1) is 4.93. The van der Waals surface area contributed by atoms with E-state index in [1.165, 1.54) is 0 Å². The molecular weight excluding hydrogens is 140 g/mol. The van der Waals surface area contributed by atoms with Crippen molar-refractivity contribution in [2.24, 2.45) is 11.3 Å². The van der Waals surface area contributed by atoms with Crippen molar-refractivity contribution in [1.29, 1.82) is 0 Å². The zero-order valence-corrected chi connectivity index (χ0v) is 7.54. The Labute approximate surface area is 68.2 Å². The van der Waals surface area contributed by atoms with Crippen LogP contribution in [-0.2, 0) is 0 Å². The molecule has 0 amide bonds. The lowest BCUT2D eigenvalue weighted by molar-refractivity contribution is -0.0687. The first-order valence-electron chi connectivity index (χ1n) is 4.29. The van der Waals surface area contributed by atoms with Crippen molar-refractivity contribution < 1.29 is 10.2 Å². The molecule has 1 fully saturated rings. The second-order valence-corrected chi connectivity index (χ2v) is 4.46. The van der Waals surface area contributed by atoms with Crippen LogP contribution >= 0.6 is 0 Å². The summed E-state index contributed by atoms with van der Waals surface area (Å²) in [6.45, 7) is 6.43. The van der Waals surface area contributed by atoms with Gasteiger partial charge in [0, 0.05) is 0 Å². The summed E-state index contributed by atoms with van der Waals surface area (Å²) in [5.41, 5.74) is 0.179. The highest BCUT2D eigenvalue weighted by Gasteiger charge is 2.37. The SMILES string of the molecule is C[C@H]1CC(O)[C@@H](O)CC1(C)C. The van der Waals surface area contributed by atoms with Crippen molar-refractivity contribution in [3.05, 3.63) is 0 Å². The van der Waals surface area contributed by atoms with Crippen LogP contribution < -0.4 is 0 Å². The van der Waals surface area contributed by atoms with E-state index in [9.17, 15) is 10.2 Å². The lowest BCUT2D eigenvalue weighted by atomic mass is 9.68. The van der Waals surface area contributed by atoms with Gasteiger partial charge in [0.2, 0.25) is 0 Å². The Bertz CT molecular complexity index is 142. The van der Waals surface area contributed by atoms with E-state index in [0.29, 0.717) is 5.92 Å². The van der Waals surface area contributed by atoms with Gasteiger partial charge in [-0.2, -0.15) is 0 Å². The van der Waals surface area contributed by atoms with Crippen LogP contribution in [0.4, 0.5) is 0 Å². The van der Waals surface area contributed by atoms with Crippen molar-refractivity contribution in [3.63, 3.8) is 0 Å². The number of aliphatic hydroxyl groups is 2. The van der Waals surface area contributed by atoms with Crippen molar-refractivity contribution in [2.75, 3.05) is 0 Å². The van der Waals surface area contributed by atoms with Crippen LogP contribution in [0.15, 0.2) is 0 Å². The van der Waals surface area contributed by atoms with Crippen LogP contribution in [0.1, 0.15) is 33.6 Å². The summed E-state index contributed by atoms with van der Waals surface area (Å²) in [6.07, 6.45) is 0.433. The Kier molecular flexibility index (Phi) is 2.26. The van der Waals surface area contributed by atoms with E-state index in [2.05, 4.69) is 20.8 Å². The fourth-order valence-electron chi connectivity index (χ4n) is 1.71. The van der Waals surface area contributed by atoms with E-state index >= 15 is 0 Å². The van der Waals surface area contributed by atoms with Gasteiger partial charge in [0.25, 0.3) is 0 Å². The molecule has 0 spiro atoms. The molecule has 1 unspecified atom stereocenters. The van der Waals surface area contributed by atoms with E-state index in [4.69, 9.17) is 0 Å². The van der Waals surface area contributed by atoms with Crippen LogP contribution in [0.25, 0.3) is 0 Å². The molecule has 0 saturated heterocycles. The average Bonchev–Trinajstić information content (AvgIpc) is 1.83. The predicted octanol–water partition coefficient (Wildman–Crippen LogP) is 1.16. The Morgan fingerprint density at radius 3 is 2.18 bits per heavy atom. The molecule has 0 aromatic carbocycles. The highest BCUT2D eigenvalue weighted by atomic mass is 16.3. The molecule has 11 heavy (non-hydrogen) atoms. The normalized spacial score (nSPS) is 43.9. The lowest BCUT2D eigenvalue weighted by Gasteiger charge is -2.41. The summed E-state index contributed by atoms with van der Waals surface area (Å²) in [5, 5.41) is 18.7. The maximum absolute atomic E-state index is 9.38. The van der Waals surface area contributed by atoms with Gasteiger partial charge in [0.05, 0.1) is 12.2 Å². The van der Waals surface area contributed by atoms with Gasteiger partial charge < -0.3 is 10.2 Å². The van der Waals surface area contributed by atoms with E-state index in [0.717, 1.165) is 12.8 Å². The van der Waals surface area contributed by atoms with E-state index in [-0.39, 0.29) is 5.41 Å². The Balaban J connectivity index is 2.63. The fraction of sp³-hybridized carbons (Fsp3) is 1.00. The molecule has 0 radical (unpaired) electrons. The summed E-state index contributed by atoms with van der Waals surface area (Å²) >= 11 is 0. The third-order valence-electron chi connectivity index (χ3n) is 3.11. The van der Waals surface area contributed by atoms with Gasteiger partial charge in [-0.15, -0.1) is 0 Å².